The summed E-state index contributed by atoms with van der Waals surface area (Å²) in [6.07, 6.45) is 76.2. The van der Waals surface area contributed by atoms with Crippen molar-refractivity contribution in [2.24, 2.45) is 0 Å². The fraction of sp³-hybridized carbons (Fsp3) is 0.909. The third kappa shape index (κ3) is 57.6. The molecule has 0 rings (SSSR count). The molecule has 0 aliphatic carbocycles. The van der Waals surface area contributed by atoms with E-state index in [1.165, 1.54) is 283 Å². The molecular weight excluding hydrogens is 887 g/mol. The quantitative estimate of drug-likeness (QED) is 0.0320. The van der Waals surface area contributed by atoms with Gasteiger partial charge in [-0.15, -0.1) is 0 Å². The first-order valence-electron chi connectivity index (χ1n) is 32.6. The van der Waals surface area contributed by atoms with Gasteiger partial charge < -0.3 is 20.3 Å². The zero-order valence-electron chi connectivity index (χ0n) is 48.7. The number of esters is 1. The highest BCUT2D eigenvalue weighted by atomic mass is 16.5. The maximum Gasteiger partial charge on any atom is 0.305 e. The third-order valence-electron chi connectivity index (χ3n) is 15.2. The molecule has 0 saturated carbocycles. The Hall–Kier alpha value is -1.66. The number of carbonyl (C=O) groups excluding carboxylic acids is 2. The van der Waals surface area contributed by atoms with Crippen molar-refractivity contribution in [1.82, 2.24) is 5.32 Å². The number of allylic oxidation sites excluding steroid dienone is 4. The van der Waals surface area contributed by atoms with Gasteiger partial charge in [-0.05, 0) is 77.0 Å². The predicted molar refractivity (Wildman–Crippen MR) is 315 cm³/mol. The van der Waals surface area contributed by atoms with Crippen LogP contribution in [0.2, 0.25) is 0 Å². The largest absolute Gasteiger partial charge is 0.466 e. The van der Waals surface area contributed by atoms with Crippen LogP contribution in [0.4, 0.5) is 0 Å². The Morgan fingerprint density at radius 1 is 0.375 bits per heavy atom. The standard InChI is InChI=1S/C66H127NO5/c1-3-5-7-9-11-13-15-17-19-31-34-38-42-46-50-54-58-64(69)63(62-68)67-65(70)59-55-51-47-43-39-35-32-28-26-24-22-20-21-23-25-27-29-33-37-41-45-49-53-57-61-72-66(71)60-56-52-48-44-40-36-30-18-16-14-12-10-8-6-4-2/h18,22,24,30,63-64,68-69H,3-17,19-21,23,25-29,31-62H2,1-2H3,(H,67,70)/b24-22-,30-18-. The maximum atomic E-state index is 12.5. The number of nitrogens with one attached hydrogen (secondary N) is 1. The second-order valence-electron chi connectivity index (χ2n) is 22.4. The van der Waals surface area contributed by atoms with E-state index < -0.39 is 12.1 Å². The first kappa shape index (κ1) is 70.3. The van der Waals surface area contributed by atoms with Crippen LogP contribution in [0, 0.1) is 0 Å². The van der Waals surface area contributed by atoms with Crippen molar-refractivity contribution < 1.29 is 24.5 Å². The summed E-state index contributed by atoms with van der Waals surface area (Å²) in [6.45, 7) is 4.97. The van der Waals surface area contributed by atoms with Crippen LogP contribution in [0.15, 0.2) is 24.3 Å². The van der Waals surface area contributed by atoms with Crippen molar-refractivity contribution in [3.8, 4) is 0 Å². The molecule has 0 heterocycles. The van der Waals surface area contributed by atoms with Gasteiger partial charge >= 0.3 is 5.97 Å². The van der Waals surface area contributed by atoms with Gasteiger partial charge in [0.2, 0.25) is 5.91 Å². The van der Waals surface area contributed by atoms with Gasteiger partial charge in [-0.2, -0.15) is 0 Å². The van der Waals surface area contributed by atoms with Gasteiger partial charge in [0.25, 0.3) is 0 Å². The second kappa shape index (κ2) is 61.9. The van der Waals surface area contributed by atoms with Gasteiger partial charge in [0.05, 0.1) is 25.4 Å². The highest BCUT2D eigenvalue weighted by Gasteiger charge is 2.20. The van der Waals surface area contributed by atoms with Crippen LogP contribution in [0.1, 0.15) is 361 Å². The van der Waals surface area contributed by atoms with Gasteiger partial charge in [-0.1, -0.05) is 295 Å². The molecule has 6 nitrogen and oxygen atoms in total. The smallest absolute Gasteiger partial charge is 0.305 e. The molecule has 0 aromatic rings. The monoisotopic (exact) mass is 1010 g/mol. The van der Waals surface area contributed by atoms with Crippen molar-refractivity contribution in [2.45, 2.75) is 373 Å². The van der Waals surface area contributed by atoms with E-state index in [1.54, 1.807) is 0 Å². The molecule has 426 valence electrons. The van der Waals surface area contributed by atoms with Gasteiger partial charge in [0, 0.05) is 12.8 Å². The van der Waals surface area contributed by atoms with Crippen molar-refractivity contribution >= 4 is 11.9 Å². The molecule has 2 unspecified atom stereocenters. The third-order valence-corrected chi connectivity index (χ3v) is 15.2. The SMILES string of the molecule is CCCCCCCC/C=C\CCCCCCCC(=O)OCCCCCCCCCCCCCC/C=C\CCCCCCCCCCC(=O)NC(CO)C(O)CCCCCCCCCCCCCCCCCC. The van der Waals surface area contributed by atoms with E-state index in [9.17, 15) is 19.8 Å². The van der Waals surface area contributed by atoms with Gasteiger partial charge in [-0.25, -0.2) is 0 Å². The number of rotatable bonds is 61. The molecule has 0 saturated heterocycles. The summed E-state index contributed by atoms with van der Waals surface area (Å²) in [5.41, 5.74) is 0. The zero-order valence-corrected chi connectivity index (χ0v) is 48.7. The van der Waals surface area contributed by atoms with E-state index in [-0.39, 0.29) is 18.5 Å². The summed E-state index contributed by atoms with van der Waals surface area (Å²) in [7, 11) is 0. The summed E-state index contributed by atoms with van der Waals surface area (Å²) >= 11 is 0. The molecule has 0 fully saturated rings. The summed E-state index contributed by atoms with van der Waals surface area (Å²) in [4.78, 5) is 24.6. The summed E-state index contributed by atoms with van der Waals surface area (Å²) in [5, 5.41) is 23.3. The Morgan fingerprint density at radius 2 is 0.653 bits per heavy atom. The van der Waals surface area contributed by atoms with Crippen LogP contribution in [0.3, 0.4) is 0 Å². The molecule has 3 N–H and O–H groups in total. The fourth-order valence-corrected chi connectivity index (χ4v) is 10.2. The van der Waals surface area contributed by atoms with Crippen molar-refractivity contribution in [3.05, 3.63) is 24.3 Å². The minimum atomic E-state index is -0.667. The van der Waals surface area contributed by atoms with E-state index in [4.69, 9.17) is 4.74 Å². The molecule has 0 aliphatic heterocycles. The molecular formula is C66H127NO5. The number of hydrogen-bond acceptors (Lipinski definition) is 5. The molecule has 72 heavy (non-hydrogen) atoms. The second-order valence-corrected chi connectivity index (χ2v) is 22.4. The number of hydrogen-bond donors (Lipinski definition) is 3. The predicted octanol–water partition coefficient (Wildman–Crippen LogP) is 20.6. The molecule has 1 amide bonds. The molecule has 2 atom stereocenters. The summed E-state index contributed by atoms with van der Waals surface area (Å²) in [5.74, 6) is -0.0320. The Balaban J connectivity index is 3.40. The van der Waals surface area contributed by atoms with Crippen LogP contribution in [-0.2, 0) is 14.3 Å². The topological polar surface area (TPSA) is 95.9 Å². The first-order chi connectivity index (χ1) is 35.5. The van der Waals surface area contributed by atoms with Crippen LogP contribution in [-0.4, -0.2) is 47.4 Å². The normalized spacial score (nSPS) is 12.7. The lowest BCUT2D eigenvalue weighted by Crippen LogP contribution is -2.45. The fourth-order valence-electron chi connectivity index (χ4n) is 10.2. The van der Waals surface area contributed by atoms with Crippen LogP contribution >= 0.6 is 0 Å². The van der Waals surface area contributed by atoms with E-state index in [0.717, 1.165) is 44.9 Å². The highest BCUT2D eigenvalue weighted by Crippen LogP contribution is 2.18. The first-order valence-corrected chi connectivity index (χ1v) is 32.6. The van der Waals surface area contributed by atoms with Crippen LogP contribution < -0.4 is 5.32 Å². The van der Waals surface area contributed by atoms with E-state index in [2.05, 4.69) is 43.5 Å². The average Bonchev–Trinajstić information content (AvgIpc) is 3.38. The molecule has 0 radical (unpaired) electrons. The molecule has 0 bridgehead atoms. The highest BCUT2D eigenvalue weighted by molar-refractivity contribution is 5.76. The minimum absolute atomic E-state index is 0.00512. The lowest BCUT2D eigenvalue weighted by Gasteiger charge is -2.22. The zero-order chi connectivity index (χ0) is 52.2. The van der Waals surface area contributed by atoms with E-state index >= 15 is 0 Å². The minimum Gasteiger partial charge on any atom is -0.466 e. The van der Waals surface area contributed by atoms with Gasteiger partial charge in [0.1, 0.15) is 0 Å². The number of ether oxygens (including phenoxy) is 1. The van der Waals surface area contributed by atoms with Crippen molar-refractivity contribution in [3.63, 3.8) is 0 Å². The lowest BCUT2D eigenvalue weighted by molar-refractivity contribution is -0.143. The molecule has 6 heteroatoms. The van der Waals surface area contributed by atoms with Crippen LogP contribution in [0.25, 0.3) is 0 Å². The van der Waals surface area contributed by atoms with E-state index in [0.29, 0.717) is 25.9 Å². The number of aliphatic hydroxyl groups is 2. The van der Waals surface area contributed by atoms with Gasteiger partial charge in [0.15, 0.2) is 0 Å². The Kier molecular flexibility index (Phi) is 60.5. The van der Waals surface area contributed by atoms with Gasteiger partial charge in [-0.3, -0.25) is 9.59 Å². The average molecular weight is 1010 g/mol. The molecule has 0 aliphatic rings. The van der Waals surface area contributed by atoms with Crippen molar-refractivity contribution in [2.75, 3.05) is 13.2 Å². The number of aliphatic hydroxyl groups excluding tert-OH is 2. The molecule has 0 aromatic heterocycles. The lowest BCUT2D eigenvalue weighted by atomic mass is 10.0. The summed E-state index contributed by atoms with van der Waals surface area (Å²) in [6, 6.07) is -0.545. The summed E-state index contributed by atoms with van der Waals surface area (Å²) < 4.78 is 5.48. The number of unbranched alkanes of at least 4 members (excludes halogenated alkanes) is 46. The van der Waals surface area contributed by atoms with E-state index in [1.807, 2.05) is 0 Å². The number of carbonyl (C=O) groups is 2. The Morgan fingerprint density at radius 3 is 0.986 bits per heavy atom. The maximum absolute atomic E-state index is 12.5. The number of amides is 1. The molecule has 0 spiro atoms. The Bertz CT molecular complexity index is 1120. The van der Waals surface area contributed by atoms with Crippen molar-refractivity contribution in [1.29, 1.82) is 0 Å². The molecule has 0 aromatic carbocycles. The Labute approximate surface area is 450 Å². The van der Waals surface area contributed by atoms with Crippen LogP contribution in [0.5, 0.6) is 0 Å².